The van der Waals surface area contributed by atoms with E-state index >= 15 is 0 Å². The van der Waals surface area contributed by atoms with Crippen LogP contribution in [0.4, 0.5) is 17.1 Å². The predicted molar refractivity (Wildman–Crippen MR) is 183 cm³/mol. The van der Waals surface area contributed by atoms with E-state index in [4.69, 9.17) is 0 Å². The van der Waals surface area contributed by atoms with Crippen molar-refractivity contribution in [3.63, 3.8) is 0 Å². The first-order valence-corrected chi connectivity index (χ1v) is 16.5. The Morgan fingerprint density at radius 2 is 0.561 bits per heavy atom. The third kappa shape index (κ3) is 8.09. The van der Waals surface area contributed by atoms with E-state index in [1.54, 1.807) is 0 Å². The van der Waals surface area contributed by atoms with Crippen molar-refractivity contribution in [2.75, 3.05) is 54.0 Å². The Balaban J connectivity index is 2.07. The van der Waals surface area contributed by atoms with E-state index in [0.29, 0.717) is 0 Å². The van der Waals surface area contributed by atoms with Crippen molar-refractivity contribution in [1.29, 1.82) is 0 Å². The van der Waals surface area contributed by atoms with Crippen LogP contribution in [0.15, 0.2) is 72.8 Å². The van der Waals surface area contributed by atoms with Crippen LogP contribution in [0.1, 0.15) is 104 Å². The van der Waals surface area contributed by atoms with E-state index < -0.39 is 0 Å². The molecule has 0 radical (unpaired) electrons. The number of hydrogen-bond donors (Lipinski definition) is 0. The molecule has 0 aliphatic carbocycles. The molecule has 0 amide bonds. The zero-order valence-corrected chi connectivity index (χ0v) is 27.3. The Morgan fingerprint density at radius 1 is 0.366 bits per heavy atom. The molecule has 0 atom stereocenters. The summed E-state index contributed by atoms with van der Waals surface area (Å²) in [5, 5.41) is 0. The van der Waals surface area contributed by atoms with Gasteiger partial charge in [0.2, 0.25) is 0 Å². The Hall–Kier alpha value is -2.94. The van der Waals surface area contributed by atoms with Gasteiger partial charge >= 0.3 is 0 Å². The van der Waals surface area contributed by atoms with Gasteiger partial charge in [-0.1, -0.05) is 77.9 Å². The van der Waals surface area contributed by atoms with Gasteiger partial charge in [0.05, 0.1) is 0 Å². The smallest absolute Gasteiger partial charge is 0.0423 e. The van der Waals surface area contributed by atoms with E-state index in [1.807, 2.05) is 0 Å². The summed E-state index contributed by atoms with van der Waals surface area (Å²) in [4.78, 5) is 7.57. The van der Waals surface area contributed by atoms with Gasteiger partial charge in [-0.3, -0.25) is 0 Å². The van der Waals surface area contributed by atoms with Gasteiger partial charge in [-0.2, -0.15) is 0 Å². The maximum Gasteiger partial charge on any atom is 0.0423 e. The molecule has 0 aliphatic heterocycles. The van der Waals surface area contributed by atoms with Crippen LogP contribution in [-0.4, -0.2) is 39.3 Å². The van der Waals surface area contributed by atoms with Gasteiger partial charge in [-0.15, -0.1) is 0 Å². The SMILES string of the molecule is CCCN(CCC)c1ccc(C(C)(c2ccc(N(CCC)CCC)cc2)c2ccc(N(CCC)CCC)cc2)cc1. The van der Waals surface area contributed by atoms with Gasteiger partial charge < -0.3 is 14.7 Å². The van der Waals surface area contributed by atoms with E-state index in [1.165, 1.54) is 72.3 Å². The molecule has 3 heteroatoms. The molecule has 0 saturated heterocycles. The lowest BCUT2D eigenvalue weighted by Crippen LogP contribution is -2.28. The minimum atomic E-state index is -0.253. The van der Waals surface area contributed by atoms with E-state index in [9.17, 15) is 0 Å². The highest BCUT2D eigenvalue weighted by atomic mass is 15.1. The molecule has 0 spiro atoms. The molecule has 0 aliphatic rings. The molecular weight excluding hydrogens is 498 g/mol. The Kier molecular flexibility index (Phi) is 13.1. The van der Waals surface area contributed by atoms with Crippen molar-refractivity contribution in [2.45, 2.75) is 92.4 Å². The highest BCUT2D eigenvalue weighted by molar-refractivity contribution is 5.59. The summed E-state index contributed by atoms with van der Waals surface area (Å²) < 4.78 is 0. The van der Waals surface area contributed by atoms with Crippen molar-refractivity contribution in [1.82, 2.24) is 0 Å². The number of nitrogens with zero attached hydrogens (tertiary/aromatic N) is 3. The lowest BCUT2D eigenvalue weighted by atomic mass is 9.71. The Morgan fingerprint density at radius 3 is 0.732 bits per heavy atom. The van der Waals surface area contributed by atoms with Crippen molar-refractivity contribution in [3.05, 3.63) is 89.5 Å². The fourth-order valence-electron chi connectivity index (χ4n) is 6.25. The van der Waals surface area contributed by atoms with E-state index in [-0.39, 0.29) is 5.41 Å². The van der Waals surface area contributed by atoms with Crippen LogP contribution in [-0.2, 0) is 5.41 Å². The van der Waals surface area contributed by atoms with Gasteiger partial charge in [0.15, 0.2) is 0 Å². The average Bonchev–Trinajstić information content (AvgIpc) is 3.01. The van der Waals surface area contributed by atoms with Crippen molar-refractivity contribution in [2.24, 2.45) is 0 Å². The monoisotopic (exact) mass is 555 g/mol. The lowest BCUT2D eigenvalue weighted by Gasteiger charge is -2.34. The summed E-state index contributed by atoms with van der Waals surface area (Å²) in [6.07, 6.45) is 6.99. The van der Waals surface area contributed by atoms with Crippen LogP contribution in [0, 0.1) is 0 Å². The second kappa shape index (κ2) is 16.5. The predicted octanol–water partition coefficient (Wildman–Crippen LogP) is 9.92. The fourth-order valence-corrected chi connectivity index (χ4v) is 6.25. The van der Waals surface area contributed by atoms with E-state index in [0.717, 1.165) is 39.3 Å². The summed E-state index contributed by atoms with van der Waals surface area (Å²) in [5.41, 5.74) is 7.75. The van der Waals surface area contributed by atoms with Crippen LogP contribution in [0.5, 0.6) is 0 Å². The van der Waals surface area contributed by atoms with Gasteiger partial charge in [0.25, 0.3) is 0 Å². The fraction of sp³-hybridized carbons (Fsp3) is 0.526. The molecule has 0 fully saturated rings. The van der Waals surface area contributed by atoms with Crippen molar-refractivity contribution in [3.8, 4) is 0 Å². The number of benzene rings is 3. The first kappa shape index (κ1) is 32.6. The molecule has 41 heavy (non-hydrogen) atoms. The van der Waals surface area contributed by atoms with Crippen LogP contribution < -0.4 is 14.7 Å². The minimum absolute atomic E-state index is 0.253. The van der Waals surface area contributed by atoms with Gasteiger partial charge in [-0.05, 0) is 98.5 Å². The Bertz CT molecular complexity index is 955. The number of anilines is 3. The molecule has 0 saturated carbocycles. The second-order valence-electron chi connectivity index (χ2n) is 11.7. The summed E-state index contributed by atoms with van der Waals surface area (Å²) in [7, 11) is 0. The average molecular weight is 556 g/mol. The van der Waals surface area contributed by atoms with Crippen LogP contribution in [0.3, 0.4) is 0 Å². The quantitative estimate of drug-likeness (QED) is 0.145. The van der Waals surface area contributed by atoms with Gasteiger partial charge in [-0.25, -0.2) is 0 Å². The highest BCUT2D eigenvalue weighted by Crippen LogP contribution is 2.41. The molecule has 0 heterocycles. The molecule has 0 bridgehead atoms. The topological polar surface area (TPSA) is 9.72 Å². The highest BCUT2D eigenvalue weighted by Gasteiger charge is 2.31. The molecule has 3 nitrogen and oxygen atoms in total. The maximum absolute atomic E-state index is 2.52. The number of rotatable bonds is 18. The molecule has 0 unspecified atom stereocenters. The first-order chi connectivity index (χ1) is 20.0. The van der Waals surface area contributed by atoms with Gasteiger partial charge in [0, 0.05) is 61.7 Å². The zero-order valence-electron chi connectivity index (χ0n) is 27.3. The maximum atomic E-state index is 2.52. The minimum Gasteiger partial charge on any atom is -0.372 e. The summed E-state index contributed by atoms with van der Waals surface area (Å²) in [6, 6.07) is 28.3. The molecule has 3 aromatic carbocycles. The summed E-state index contributed by atoms with van der Waals surface area (Å²) in [6.45, 7) is 22.6. The molecule has 0 aromatic heterocycles. The van der Waals surface area contributed by atoms with Crippen LogP contribution in [0.25, 0.3) is 0 Å². The largest absolute Gasteiger partial charge is 0.372 e. The standard InChI is InChI=1S/C38H57N3/c1-8-26-39(27-9-2)35-20-14-32(15-21-35)38(7,33-16-22-36(23-17-33)40(28-10-3)29-11-4)34-18-24-37(25-19-34)41(30-12-5)31-13-6/h14-25H,8-13,26-31H2,1-7H3. The molecular formula is C38H57N3. The normalized spacial score (nSPS) is 11.5. The second-order valence-corrected chi connectivity index (χ2v) is 11.7. The summed E-state index contributed by atoms with van der Waals surface area (Å²) >= 11 is 0. The zero-order chi connectivity index (χ0) is 29.7. The van der Waals surface area contributed by atoms with Gasteiger partial charge in [0.1, 0.15) is 0 Å². The van der Waals surface area contributed by atoms with Crippen molar-refractivity contribution < 1.29 is 0 Å². The summed E-state index contributed by atoms with van der Waals surface area (Å²) in [5.74, 6) is 0. The van der Waals surface area contributed by atoms with E-state index in [2.05, 4.69) is 136 Å². The van der Waals surface area contributed by atoms with Crippen molar-refractivity contribution >= 4 is 17.1 Å². The third-order valence-corrected chi connectivity index (χ3v) is 8.39. The lowest BCUT2D eigenvalue weighted by molar-refractivity contribution is 0.688. The first-order valence-electron chi connectivity index (χ1n) is 16.5. The molecule has 3 aromatic rings. The number of hydrogen-bond acceptors (Lipinski definition) is 3. The van der Waals surface area contributed by atoms with Crippen LogP contribution >= 0.6 is 0 Å². The molecule has 224 valence electrons. The van der Waals surface area contributed by atoms with Crippen LogP contribution in [0.2, 0.25) is 0 Å². The Labute approximate surface area is 252 Å². The third-order valence-electron chi connectivity index (χ3n) is 8.39. The molecule has 0 N–H and O–H groups in total. The molecule has 3 rings (SSSR count).